The van der Waals surface area contributed by atoms with Crippen LogP contribution >= 0.6 is 0 Å². The van der Waals surface area contributed by atoms with E-state index in [1.54, 1.807) is 0 Å². The van der Waals surface area contributed by atoms with E-state index in [-0.39, 0.29) is 70.4 Å². The maximum Gasteiger partial charge on any atom is 4.00 e. The molecule has 2 nitrogen and oxygen atoms in total. The molecule has 0 aromatic rings. The van der Waals surface area contributed by atoms with Crippen LogP contribution < -0.4 is 0 Å². The smallest absolute Gasteiger partial charge is 2.00 e. The maximum absolute atomic E-state index is 0. The van der Waals surface area contributed by atoms with Crippen molar-refractivity contribution in [2.45, 2.75) is 0 Å². The number of hydrogen-bond acceptors (Lipinski definition) is 0. The summed E-state index contributed by atoms with van der Waals surface area (Å²) >= 11 is 0. The molecule has 0 spiro atoms. The molecule has 0 amide bonds. The summed E-state index contributed by atoms with van der Waals surface area (Å²) < 4.78 is 0. The van der Waals surface area contributed by atoms with Crippen LogP contribution in [0.2, 0.25) is 0 Å². The van der Waals surface area contributed by atoms with Gasteiger partial charge in [0, 0.05) is 0 Å². The van der Waals surface area contributed by atoms with Gasteiger partial charge in [0.1, 0.15) is 0 Å². The van der Waals surface area contributed by atoms with Crippen LogP contribution in [0.5, 0.6) is 0 Å². The molecular formula is O2ThZn+2. The van der Waals surface area contributed by atoms with Crippen LogP contribution in [-0.2, 0) is 30.4 Å². The van der Waals surface area contributed by atoms with Crippen LogP contribution in [0.4, 0.5) is 0 Å². The summed E-state index contributed by atoms with van der Waals surface area (Å²) in [4.78, 5) is 0. The topological polar surface area (TPSA) is 57.0 Å². The predicted octanol–water partition coefficient (Wildman–Crippen LogP) is -0.240. The second kappa shape index (κ2) is 20.9. The molecule has 0 fully saturated rings. The Morgan fingerprint density at radius 2 is 0.750 bits per heavy atom. The molecule has 0 aliphatic rings. The molecule has 0 aromatic heterocycles. The second-order valence-electron chi connectivity index (χ2n) is 0. The molecule has 0 radical (unpaired) electrons. The Morgan fingerprint density at radius 3 is 0.750 bits per heavy atom. The van der Waals surface area contributed by atoms with Crippen molar-refractivity contribution < 1.29 is 70.4 Å². The zero-order valence-electron chi connectivity index (χ0n) is 2.02. The Morgan fingerprint density at radius 1 is 0.750 bits per heavy atom. The third-order valence-corrected chi connectivity index (χ3v) is 0. The molecule has 0 atom stereocenters. The van der Waals surface area contributed by atoms with Crippen molar-refractivity contribution in [3.63, 3.8) is 0 Å². The number of rotatable bonds is 0. The first-order chi connectivity index (χ1) is 0. The minimum Gasteiger partial charge on any atom is -2.00 e. The Bertz CT molecular complexity index is 6.00. The molecule has 0 aromatic carbocycles. The SMILES string of the molecule is [O-2].[O-2].[Th+4].[Zn+2]. The van der Waals surface area contributed by atoms with Crippen LogP contribution in [-0.4, -0.2) is 0 Å². The van der Waals surface area contributed by atoms with Gasteiger partial charge >= 0.3 is 59.4 Å². The summed E-state index contributed by atoms with van der Waals surface area (Å²) in [5, 5.41) is 0. The van der Waals surface area contributed by atoms with Crippen molar-refractivity contribution >= 4 is 0 Å². The molecule has 4 heteroatoms. The summed E-state index contributed by atoms with van der Waals surface area (Å²) in [5.74, 6) is 0. The van der Waals surface area contributed by atoms with Gasteiger partial charge in [-0.25, -0.2) is 0 Å². The third-order valence-electron chi connectivity index (χ3n) is 0. The molecule has 0 unspecified atom stereocenters. The fourth-order valence-corrected chi connectivity index (χ4v) is 0. The van der Waals surface area contributed by atoms with Gasteiger partial charge < -0.3 is 11.0 Å². The molecule has 0 saturated heterocycles. The van der Waals surface area contributed by atoms with E-state index >= 15 is 0 Å². The molecule has 0 bridgehead atoms. The molecule has 4 heavy (non-hydrogen) atoms. The Labute approximate surface area is 69.4 Å². The second-order valence-corrected chi connectivity index (χ2v) is 0. The predicted molar refractivity (Wildman–Crippen MR) is 1.37 cm³/mol. The summed E-state index contributed by atoms with van der Waals surface area (Å²) in [6.45, 7) is 0. The van der Waals surface area contributed by atoms with Gasteiger partial charge in [0.2, 0.25) is 0 Å². The van der Waals surface area contributed by atoms with Gasteiger partial charge in [0.05, 0.1) is 0 Å². The van der Waals surface area contributed by atoms with Gasteiger partial charge in [-0.2, -0.15) is 0 Å². The van der Waals surface area contributed by atoms with Crippen LogP contribution in [0, 0.1) is 39.9 Å². The van der Waals surface area contributed by atoms with Gasteiger partial charge in [0.15, 0.2) is 0 Å². The molecule has 0 aliphatic heterocycles. The molecular weight excluding hydrogens is 329 g/mol. The summed E-state index contributed by atoms with van der Waals surface area (Å²) in [6, 6.07) is 0. The van der Waals surface area contributed by atoms with Crippen molar-refractivity contribution in [3.8, 4) is 0 Å². The van der Waals surface area contributed by atoms with Gasteiger partial charge in [-0.05, 0) is 0 Å². The van der Waals surface area contributed by atoms with Gasteiger partial charge in [0.25, 0.3) is 0 Å². The molecule has 16 valence electrons. The molecule has 0 heterocycles. The first-order valence-corrected chi connectivity index (χ1v) is 0. The first-order valence-electron chi connectivity index (χ1n) is 0. The average molecular weight is 329 g/mol. The average Bonchev–Trinajstić information content (AvgIpc) is 0. The quantitative estimate of drug-likeness (QED) is 0.551. The van der Waals surface area contributed by atoms with E-state index in [1.807, 2.05) is 0 Å². The van der Waals surface area contributed by atoms with Crippen molar-refractivity contribution in [3.05, 3.63) is 0 Å². The molecule has 0 aliphatic carbocycles. The van der Waals surface area contributed by atoms with E-state index < -0.39 is 0 Å². The Hall–Kier alpha value is 1.87. The normalized spacial score (nSPS) is 0. The van der Waals surface area contributed by atoms with Crippen molar-refractivity contribution in [1.29, 1.82) is 0 Å². The van der Waals surface area contributed by atoms with Gasteiger partial charge in [-0.15, -0.1) is 0 Å². The summed E-state index contributed by atoms with van der Waals surface area (Å²) in [5.41, 5.74) is 0. The van der Waals surface area contributed by atoms with E-state index in [9.17, 15) is 0 Å². The van der Waals surface area contributed by atoms with Gasteiger partial charge in [-0.1, -0.05) is 0 Å². The first kappa shape index (κ1) is 39.8. The standard InChI is InChI=1S/2O.Th.Zn/q2*-2;+4;+2. The van der Waals surface area contributed by atoms with E-state index in [0.717, 1.165) is 0 Å². The number of hydrogen-bond donors (Lipinski definition) is 0. The summed E-state index contributed by atoms with van der Waals surface area (Å²) in [7, 11) is 0. The maximum atomic E-state index is 0. The fraction of sp³-hybridized carbons (Fsp3) is 0. The molecule has 0 N–H and O–H groups in total. The summed E-state index contributed by atoms with van der Waals surface area (Å²) in [6.07, 6.45) is 0. The molecule has 0 rings (SSSR count). The van der Waals surface area contributed by atoms with Crippen LogP contribution in [0.15, 0.2) is 0 Å². The van der Waals surface area contributed by atoms with E-state index in [2.05, 4.69) is 0 Å². The zero-order valence-corrected chi connectivity index (χ0v) is 9.10. The van der Waals surface area contributed by atoms with Crippen LogP contribution in [0.1, 0.15) is 0 Å². The Balaban J connectivity index is 0. The van der Waals surface area contributed by atoms with Crippen molar-refractivity contribution in [1.82, 2.24) is 0 Å². The zero-order chi connectivity index (χ0) is 0. The Kier molecular flexibility index (Phi) is 208. The van der Waals surface area contributed by atoms with Crippen LogP contribution in [0.25, 0.3) is 0 Å². The largest absolute Gasteiger partial charge is 4.00 e. The van der Waals surface area contributed by atoms with Crippen molar-refractivity contribution in [2.75, 3.05) is 0 Å². The van der Waals surface area contributed by atoms with E-state index in [1.165, 1.54) is 0 Å². The molecule has 0 saturated carbocycles. The van der Waals surface area contributed by atoms with E-state index in [4.69, 9.17) is 0 Å². The minimum absolute atomic E-state index is 0. The van der Waals surface area contributed by atoms with Crippen molar-refractivity contribution in [2.24, 2.45) is 0 Å². The third kappa shape index (κ3) is 9.12. The van der Waals surface area contributed by atoms with Crippen LogP contribution in [0.3, 0.4) is 0 Å². The van der Waals surface area contributed by atoms with Gasteiger partial charge in [-0.3, -0.25) is 0 Å². The fourth-order valence-electron chi connectivity index (χ4n) is 0. The minimum atomic E-state index is 0. The van der Waals surface area contributed by atoms with E-state index in [0.29, 0.717) is 0 Å². The monoisotopic (exact) mass is 328 g/mol.